The van der Waals surface area contributed by atoms with Crippen molar-refractivity contribution in [3.63, 3.8) is 0 Å². The molecule has 1 aromatic carbocycles. The molecule has 0 bridgehead atoms. The molecule has 0 saturated heterocycles. The minimum absolute atomic E-state index is 0.185. The van der Waals surface area contributed by atoms with E-state index in [4.69, 9.17) is 12.2 Å². The third-order valence-electron chi connectivity index (χ3n) is 4.34. The third-order valence-corrected chi connectivity index (χ3v) is 4.69. The molecule has 0 aliphatic rings. The number of carbonyl (C=O) groups excluding carboxylic acids is 1. The molecular weight excluding hydrogens is 312 g/mol. The summed E-state index contributed by atoms with van der Waals surface area (Å²) in [6.07, 6.45) is 8.34. The first kappa shape index (κ1) is 21.0. The average molecular weight is 347 g/mol. The van der Waals surface area contributed by atoms with Crippen molar-refractivity contribution in [2.45, 2.75) is 79.1 Å². The van der Waals surface area contributed by atoms with Crippen molar-refractivity contribution in [3.05, 3.63) is 35.4 Å². The van der Waals surface area contributed by atoms with Crippen molar-refractivity contribution in [3.8, 4) is 0 Å². The Morgan fingerprint density at radius 1 is 0.875 bits per heavy atom. The number of benzene rings is 1. The van der Waals surface area contributed by atoms with E-state index in [2.05, 4.69) is 38.1 Å². The Labute approximate surface area is 154 Å². The zero-order valence-corrected chi connectivity index (χ0v) is 16.8. The molecule has 0 saturated carbocycles. The van der Waals surface area contributed by atoms with Crippen molar-refractivity contribution in [2.24, 2.45) is 11.8 Å². The fraction of sp³-hybridized carbons (Fsp3) is 0.636. The standard InChI is InChI=1S/C22H34OS/c1-17(2)15-19-11-13-20(14-12-19)16-21(24)9-7-5-6-8-10-22(23)18(3)4/h11-14,17-18H,5-10,15-16H2,1-4H3. The van der Waals surface area contributed by atoms with Crippen LogP contribution in [-0.2, 0) is 17.6 Å². The molecule has 2 heteroatoms. The van der Waals surface area contributed by atoms with Gasteiger partial charge in [-0.3, -0.25) is 4.79 Å². The van der Waals surface area contributed by atoms with E-state index in [1.54, 1.807) is 0 Å². The van der Waals surface area contributed by atoms with E-state index in [0.29, 0.717) is 11.7 Å². The number of Topliss-reactive ketones (excluding diaryl/α,β-unsaturated/α-hetero) is 1. The highest BCUT2D eigenvalue weighted by Crippen LogP contribution is 2.13. The maximum absolute atomic E-state index is 11.5. The second-order valence-corrected chi connectivity index (χ2v) is 8.24. The van der Waals surface area contributed by atoms with Crippen LogP contribution in [0.1, 0.15) is 77.3 Å². The Kier molecular flexibility index (Phi) is 10.1. The van der Waals surface area contributed by atoms with Crippen molar-refractivity contribution in [1.29, 1.82) is 0 Å². The highest BCUT2D eigenvalue weighted by atomic mass is 32.1. The third kappa shape index (κ3) is 9.32. The number of rotatable bonds is 12. The predicted molar refractivity (Wildman–Crippen MR) is 109 cm³/mol. The fourth-order valence-corrected chi connectivity index (χ4v) is 3.16. The smallest absolute Gasteiger partial charge is 0.135 e. The van der Waals surface area contributed by atoms with Gasteiger partial charge < -0.3 is 0 Å². The summed E-state index contributed by atoms with van der Waals surface area (Å²) in [5, 5.41) is 0. The van der Waals surface area contributed by atoms with E-state index in [-0.39, 0.29) is 5.92 Å². The topological polar surface area (TPSA) is 17.1 Å². The summed E-state index contributed by atoms with van der Waals surface area (Å²) in [5.74, 6) is 1.28. The summed E-state index contributed by atoms with van der Waals surface area (Å²) in [5.41, 5.74) is 2.74. The maximum atomic E-state index is 11.5. The number of hydrogen-bond acceptors (Lipinski definition) is 2. The molecule has 134 valence electrons. The van der Waals surface area contributed by atoms with Gasteiger partial charge in [-0.1, -0.05) is 77.0 Å². The van der Waals surface area contributed by atoms with Gasteiger partial charge in [-0.15, -0.1) is 0 Å². The van der Waals surface area contributed by atoms with E-state index in [9.17, 15) is 4.79 Å². The Hall–Kier alpha value is -1.02. The second kappa shape index (κ2) is 11.5. The number of carbonyl (C=O) groups is 1. The van der Waals surface area contributed by atoms with Gasteiger partial charge in [0.05, 0.1) is 0 Å². The molecule has 0 spiro atoms. The van der Waals surface area contributed by atoms with Gasteiger partial charge in [-0.05, 0) is 47.6 Å². The average Bonchev–Trinajstić information content (AvgIpc) is 2.51. The lowest BCUT2D eigenvalue weighted by Gasteiger charge is -2.08. The van der Waals surface area contributed by atoms with Gasteiger partial charge in [0.2, 0.25) is 0 Å². The van der Waals surface area contributed by atoms with Crippen LogP contribution in [0, 0.1) is 11.8 Å². The predicted octanol–water partition coefficient (Wildman–Crippen LogP) is 6.36. The Morgan fingerprint density at radius 2 is 1.42 bits per heavy atom. The molecule has 0 aromatic heterocycles. The van der Waals surface area contributed by atoms with Gasteiger partial charge in [0.15, 0.2) is 0 Å². The number of thiocarbonyl (C=S) groups is 1. The molecule has 0 atom stereocenters. The Bertz CT molecular complexity index is 499. The van der Waals surface area contributed by atoms with Crippen LogP contribution in [-0.4, -0.2) is 10.6 Å². The van der Waals surface area contributed by atoms with Crippen LogP contribution < -0.4 is 0 Å². The molecule has 0 heterocycles. The Balaban J connectivity index is 2.16. The molecule has 0 aliphatic heterocycles. The quantitative estimate of drug-likeness (QED) is 0.323. The normalized spacial score (nSPS) is 11.2. The summed E-state index contributed by atoms with van der Waals surface area (Å²) < 4.78 is 0. The van der Waals surface area contributed by atoms with Crippen LogP contribution >= 0.6 is 12.2 Å². The molecule has 0 radical (unpaired) electrons. The minimum atomic E-state index is 0.185. The molecule has 0 fully saturated rings. The fourth-order valence-electron chi connectivity index (χ4n) is 2.84. The van der Waals surface area contributed by atoms with Crippen molar-refractivity contribution in [1.82, 2.24) is 0 Å². The molecule has 0 unspecified atom stereocenters. The van der Waals surface area contributed by atoms with Crippen LogP contribution in [0.3, 0.4) is 0 Å². The van der Waals surface area contributed by atoms with E-state index in [0.717, 1.165) is 49.8 Å². The first-order valence-corrected chi connectivity index (χ1v) is 9.91. The molecule has 0 amide bonds. The van der Waals surface area contributed by atoms with Crippen molar-refractivity contribution in [2.75, 3.05) is 0 Å². The molecule has 1 rings (SSSR count). The Morgan fingerprint density at radius 3 is 1.96 bits per heavy atom. The molecule has 24 heavy (non-hydrogen) atoms. The summed E-state index contributed by atoms with van der Waals surface area (Å²) >= 11 is 5.54. The summed E-state index contributed by atoms with van der Waals surface area (Å²) in [6.45, 7) is 8.47. The van der Waals surface area contributed by atoms with Crippen molar-refractivity contribution >= 4 is 22.9 Å². The van der Waals surface area contributed by atoms with Crippen LogP contribution in [0.2, 0.25) is 0 Å². The van der Waals surface area contributed by atoms with Crippen molar-refractivity contribution < 1.29 is 4.79 Å². The van der Waals surface area contributed by atoms with Gasteiger partial charge in [-0.2, -0.15) is 0 Å². The van der Waals surface area contributed by atoms with Crippen LogP contribution in [0.5, 0.6) is 0 Å². The second-order valence-electron chi connectivity index (χ2n) is 7.67. The highest BCUT2D eigenvalue weighted by Gasteiger charge is 2.06. The molecule has 1 nitrogen and oxygen atoms in total. The minimum Gasteiger partial charge on any atom is -0.299 e. The highest BCUT2D eigenvalue weighted by molar-refractivity contribution is 7.80. The number of ketones is 1. The van der Waals surface area contributed by atoms with E-state index in [1.165, 1.54) is 17.5 Å². The van der Waals surface area contributed by atoms with Gasteiger partial charge in [0.25, 0.3) is 0 Å². The number of hydrogen-bond donors (Lipinski definition) is 0. The van der Waals surface area contributed by atoms with E-state index in [1.807, 2.05) is 13.8 Å². The monoisotopic (exact) mass is 346 g/mol. The van der Waals surface area contributed by atoms with Gasteiger partial charge in [0.1, 0.15) is 5.78 Å². The lowest BCUT2D eigenvalue weighted by molar-refractivity contribution is -0.122. The molecule has 1 aromatic rings. The van der Waals surface area contributed by atoms with Crippen LogP contribution in [0.4, 0.5) is 0 Å². The molecule has 0 aliphatic carbocycles. The summed E-state index contributed by atoms with van der Waals surface area (Å²) in [4.78, 5) is 12.7. The summed E-state index contributed by atoms with van der Waals surface area (Å²) in [6, 6.07) is 8.93. The number of unbranched alkanes of at least 4 members (excludes halogenated alkanes) is 3. The van der Waals surface area contributed by atoms with Crippen LogP contribution in [0.25, 0.3) is 0 Å². The SMILES string of the molecule is CC(C)Cc1ccc(CC(=S)CCCCCCC(=O)C(C)C)cc1. The van der Waals surface area contributed by atoms with Gasteiger partial charge in [0, 0.05) is 18.8 Å². The van der Waals surface area contributed by atoms with Gasteiger partial charge >= 0.3 is 0 Å². The first-order valence-electron chi connectivity index (χ1n) is 9.50. The zero-order chi connectivity index (χ0) is 17.9. The largest absolute Gasteiger partial charge is 0.299 e. The molecular formula is C22H34OS. The zero-order valence-electron chi connectivity index (χ0n) is 15.9. The maximum Gasteiger partial charge on any atom is 0.135 e. The molecule has 0 N–H and O–H groups in total. The lowest BCUT2D eigenvalue weighted by atomic mass is 9.99. The van der Waals surface area contributed by atoms with E-state index < -0.39 is 0 Å². The summed E-state index contributed by atoms with van der Waals surface area (Å²) in [7, 11) is 0. The van der Waals surface area contributed by atoms with Gasteiger partial charge in [-0.25, -0.2) is 0 Å². The lowest BCUT2D eigenvalue weighted by Crippen LogP contribution is -2.06. The first-order chi connectivity index (χ1) is 11.4. The van der Waals surface area contributed by atoms with Crippen LogP contribution in [0.15, 0.2) is 24.3 Å². The van der Waals surface area contributed by atoms with E-state index >= 15 is 0 Å².